The van der Waals surface area contributed by atoms with Crippen LogP contribution in [0.3, 0.4) is 0 Å². The van der Waals surface area contributed by atoms with Gasteiger partial charge in [0.15, 0.2) is 0 Å². The molecule has 0 aliphatic carbocycles. The minimum atomic E-state index is -0.150. The lowest BCUT2D eigenvalue weighted by Gasteiger charge is -2.02. The number of hydrogen-bond donors (Lipinski definition) is 2. The molecule has 0 aliphatic rings. The summed E-state index contributed by atoms with van der Waals surface area (Å²) in [5.41, 5.74) is 5.09. The lowest BCUT2D eigenvalue weighted by atomic mass is 10.5. The van der Waals surface area contributed by atoms with Crippen molar-refractivity contribution in [1.29, 1.82) is 0 Å². The van der Waals surface area contributed by atoms with Gasteiger partial charge in [-0.05, 0) is 0 Å². The zero-order valence-corrected chi connectivity index (χ0v) is 6.60. The Morgan fingerprint density at radius 2 is 2.17 bits per heavy atom. The fraction of sp³-hybridized carbons (Fsp3) is 0.500. The fourth-order valence-corrected chi connectivity index (χ4v) is 0.734. The second kappa shape index (κ2) is 4.45. The number of nitrogens with zero attached hydrogens (tertiary/aromatic N) is 3. The molecule has 1 amide bonds. The maximum atomic E-state index is 10.7. The highest BCUT2D eigenvalue weighted by Crippen LogP contribution is 1.79. The first-order valence-electron chi connectivity index (χ1n) is 3.62. The Balaban J connectivity index is 2.15. The van der Waals surface area contributed by atoms with E-state index in [0.717, 1.165) is 0 Å². The summed E-state index contributed by atoms with van der Waals surface area (Å²) in [7, 11) is 0. The lowest BCUT2D eigenvalue weighted by Crippen LogP contribution is -2.32. The summed E-state index contributed by atoms with van der Waals surface area (Å²) in [6.07, 6.45) is 3.18. The molecule has 3 N–H and O–H groups in total. The van der Waals surface area contributed by atoms with Crippen molar-refractivity contribution in [2.24, 2.45) is 5.73 Å². The van der Waals surface area contributed by atoms with Crippen molar-refractivity contribution in [2.75, 3.05) is 13.1 Å². The maximum Gasteiger partial charge on any atom is 0.233 e. The second-order valence-corrected chi connectivity index (χ2v) is 2.25. The van der Waals surface area contributed by atoms with E-state index < -0.39 is 0 Å². The SMILES string of the molecule is NCC(=O)NCCn1cnnc1. The number of hydrogen-bond acceptors (Lipinski definition) is 4. The standard InChI is InChI=1S/C6H11N5O/c7-3-6(12)8-1-2-11-4-9-10-5-11/h4-5H,1-3,7H2,(H,8,12). The highest BCUT2D eigenvalue weighted by molar-refractivity contribution is 5.77. The molecule has 0 fully saturated rings. The van der Waals surface area contributed by atoms with E-state index in [1.807, 2.05) is 0 Å². The van der Waals surface area contributed by atoms with Crippen LogP contribution in [0.5, 0.6) is 0 Å². The number of nitrogens with two attached hydrogens (primary N) is 1. The molecule has 0 atom stereocenters. The molecule has 6 heteroatoms. The van der Waals surface area contributed by atoms with Crippen LogP contribution in [-0.4, -0.2) is 33.8 Å². The van der Waals surface area contributed by atoms with E-state index in [0.29, 0.717) is 13.1 Å². The Morgan fingerprint density at radius 1 is 1.50 bits per heavy atom. The molecule has 1 heterocycles. The third-order valence-electron chi connectivity index (χ3n) is 1.34. The number of aromatic nitrogens is 3. The largest absolute Gasteiger partial charge is 0.353 e. The van der Waals surface area contributed by atoms with Crippen LogP contribution < -0.4 is 11.1 Å². The van der Waals surface area contributed by atoms with Gasteiger partial charge in [-0.2, -0.15) is 0 Å². The van der Waals surface area contributed by atoms with Gasteiger partial charge in [0.25, 0.3) is 0 Å². The number of rotatable bonds is 4. The van der Waals surface area contributed by atoms with Crippen LogP contribution in [0.2, 0.25) is 0 Å². The van der Waals surface area contributed by atoms with Crippen molar-refractivity contribution < 1.29 is 4.79 Å². The number of carbonyl (C=O) groups is 1. The molecule has 0 spiro atoms. The third-order valence-corrected chi connectivity index (χ3v) is 1.34. The first-order chi connectivity index (χ1) is 5.83. The molecule has 1 aromatic heterocycles. The quantitative estimate of drug-likeness (QED) is 0.565. The minimum Gasteiger partial charge on any atom is -0.353 e. The molecule has 0 saturated heterocycles. The molecule has 0 unspecified atom stereocenters. The summed E-state index contributed by atoms with van der Waals surface area (Å²) < 4.78 is 1.77. The van der Waals surface area contributed by atoms with E-state index in [1.54, 1.807) is 17.2 Å². The molecular weight excluding hydrogens is 158 g/mol. The smallest absolute Gasteiger partial charge is 0.233 e. The molecular formula is C6H11N5O. The summed E-state index contributed by atoms with van der Waals surface area (Å²) in [5.74, 6) is -0.150. The first kappa shape index (κ1) is 8.66. The summed E-state index contributed by atoms with van der Waals surface area (Å²) in [6.45, 7) is 1.25. The lowest BCUT2D eigenvalue weighted by molar-refractivity contribution is -0.119. The summed E-state index contributed by atoms with van der Waals surface area (Å²) in [6, 6.07) is 0. The van der Waals surface area contributed by atoms with Gasteiger partial charge < -0.3 is 15.6 Å². The molecule has 0 bridgehead atoms. The van der Waals surface area contributed by atoms with Crippen LogP contribution in [0.25, 0.3) is 0 Å². The zero-order valence-electron chi connectivity index (χ0n) is 6.60. The van der Waals surface area contributed by atoms with Crippen molar-refractivity contribution in [3.8, 4) is 0 Å². The van der Waals surface area contributed by atoms with Gasteiger partial charge in [-0.1, -0.05) is 0 Å². The third kappa shape index (κ3) is 2.67. The summed E-state index contributed by atoms with van der Waals surface area (Å²) in [5, 5.41) is 9.86. The molecule has 0 radical (unpaired) electrons. The topological polar surface area (TPSA) is 85.8 Å². The van der Waals surface area contributed by atoms with Gasteiger partial charge in [0.05, 0.1) is 6.54 Å². The van der Waals surface area contributed by atoms with E-state index in [1.165, 1.54) is 0 Å². The first-order valence-corrected chi connectivity index (χ1v) is 3.62. The Morgan fingerprint density at radius 3 is 2.75 bits per heavy atom. The van der Waals surface area contributed by atoms with Crippen molar-refractivity contribution in [3.63, 3.8) is 0 Å². The van der Waals surface area contributed by atoms with E-state index in [2.05, 4.69) is 15.5 Å². The van der Waals surface area contributed by atoms with E-state index in [-0.39, 0.29) is 12.5 Å². The Hall–Kier alpha value is -1.43. The van der Waals surface area contributed by atoms with Gasteiger partial charge in [0.1, 0.15) is 12.7 Å². The van der Waals surface area contributed by atoms with Crippen molar-refractivity contribution in [1.82, 2.24) is 20.1 Å². The Bertz CT molecular complexity index is 232. The van der Waals surface area contributed by atoms with Crippen LogP contribution in [0.4, 0.5) is 0 Å². The van der Waals surface area contributed by atoms with Crippen LogP contribution in [0.15, 0.2) is 12.7 Å². The summed E-state index contributed by atoms with van der Waals surface area (Å²) >= 11 is 0. The molecule has 0 aromatic carbocycles. The van der Waals surface area contributed by atoms with Gasteiger partial charge >= 0.3 is 0 Å². The van der Waals surface area contributed by atoms with Gasteiger partial charge in [0, 0.05) is 13.1 Å². The van der Waals surface area contributed by atoms with Gasteiger partial charge in [-0.15, -0.1) is 10.2 Å². The molecule has 0 saturated carbocycles. The van der Waals surface area contributed by atoms with Crippen LogP contribution in [0, 0.1) is 0 Å². The van der Waals surface area contributed by atoms with Crippen molar-refractivity contribution in [3.05, 3.63) is 12.7 Å². The number of carbonyl (C=O) groups excluding carboxylic acids is 1. The molecule has 1 aromatic rings. The van der Waals surface area contributed by atoms with Crippen LogP contribution >= 0.6 is 0 Å². The Kier molecular flexibility index (Phi) is 3.21. The predicted octanol–water partition coefficient (Wildman–Crippen LogP) is -1.65. The van der Waals surface area contributed by atoms with Crippen molar-refractivity contribution >= 4 is 5.91 Å². The molecule has 6 nitrogen and oxygen atoms in total. The molecule has 12 heavy (non-hydrogen) atoms. The van der Waals surface area contributed by atoms with Gasteiger partial charge in [0.2, 0.25) is 5.91 Å². The summed E-state index contributed by atoms with van der Waals surface area (Å²) in [4.78, 5) is 10.7. The zero-order chi connectivity index (χ0) is 8.81. The monoisotopic (exact) mass is 169 g/mol. The highest BCUT2D eigenvalue weighted by Gasteiger charge is 1.95. The normalized spacial score (nSPS) is 9.75. The molecule has 0 aliphatic heterocycles. The average molecular weight is 169 g/mol. The van der Waals surface area contributed by atoms with Gasteiger partial charge in [-0.3, -0.25) is 4.79 Å². The molecule has 66 valence electrons. The fourth-order valence-electron chi connectivity index (χ4n) is 0.734. The number of amides is 1. The minimum absolute atomic E-state index is 0.0299. The van der Waals surface area contributed by atoms with Crippen molar-refractivity contribution in [2.45, 2.75) is 6.54 Å². The number of nitrogens with one attached hydrogen (secondary N) is 1. The van der Waals surface area contributed by atoms with Gasteiger partial charge in [-0.25, -0.2) is 0 Å². The van der Waals surface area contributed by atoms with E-state index in [9.17, 15) is 4.79 Å². The maximum absolute atomic E-state index is 10.7. The van der Waals surface area contributed by atoms with Crippen LogP contribution in [0.1, 0.15) is 0 Å². The van der Waals surface area contributed by atoms with Crippen LogP contribution in [-0.2, 0) is 11.3 Å². The predicted molar refractivity (Wildman–Crippen MR) is 42.1 cm³/mol. The second-order valence-electron chi connectivity index (χ2n) is 2.25. The van der Waals surface area contributed by atoms with E-state index >= 15 is 0 Å². The highest BCUT2D eigenvalue weighted by atomic mass is 16.1. The van der Waals surface area contributed by atoms with E-state index in [4.69, 9.17) is 5.73 Å². The average Bonchev–Trinajstić information content (AvgIpc) is 2.57. The molecule has 1 rings (SSSR count). The Labute approximate surface area is 69.8 Å².